The molecule has 2 saturated heterocycles. The van der Waals surface area contributed by atoms with Crippen molar-refractivity contribution in [2.75, 3.05) is 37.7 Å². The lowest BCUT2D eigenvalue weighted by molar-refractivity contribution is -0.144. The van der Waals surface area contributed by atoms with Gasteiger partial charge in [-0.15, -0.1) is 10.2 Å². The average molecular weight is 325 g/mol. The molecule has 3 heterocycles. The number of nitrogens with zero attached hydrogens (tertiary/aromatic N) is 4. The van der Waals surface area contributed by atoms with Crippen molar-refractivity contribution in [1.29, 1.82) is 0 Å². The van der Waals surface area contributed by atoms with Gasteiger partial charge >= 0.3 is 0 Å². The number of rotatable bonds is 2. The van der Waals surface area contributed by atoms with E-state index in [0.29, 0.717) is 24.9 Å². The molecule has 2 fully saturated rings. The maximum absolute atomic E-state index is 12.7. The van der Waals surface area contributed by atoms with Crippen LogP contribution in [0, 0.1) is 5.92 Å². The number of hydrogen-bond acceptors (Lipinski definition) is 5. The maximum Gasteiger partial charge on any atom is 0.226 e. The van der Waals surface area contributed by atoms with Crippen molar-refractivity contribution >= 4 is 23.3 Å². The van der Waals surface area contributed by atoms with Gasteiger partial charge < -0.3 is 14.5 Å². The highest BCUT2D eigenvalue weighted by atomic mass is 35.5. The number of piperidine rings is 1. The molecule has 0 aliphatic carbocycles. The van der Waals surface area contributed by atoms with E-state index < -0.39 is 0 Å². The van der Waals surface area contributed by atoms with Gasteiger partial charge in [0.2, 0.25) is 5.91 Å². The Morgan fingerprint density at radius 1 is 1.27 bits per heavy atom. The third kappa shape index (κ3) is 3.33. The van der Waals surface area contributed by atoms with Crippen LogP contribution in [0.25, 0.3) is 0 Å². The average Bonchev–Trinajstić information content (AvgIpc) is 2.56. The minimum atomic E-state index is 0.108. The Kier molecular flexibility index (Phi) is 4.78. The van der Waals surface area contributed by atoms with E-state index in [4.69, 9.17) is 16.3 Å². The summed E-state index contributed by atoms with van der Waals surface area (Å²) in [5.41, 5.74) is 0. The molecule has 1 amide bonds. The maximum atomic E-state index is 12.7. The number of carbonyl (C=O) groups excluding carboxylic acids is 1. The predicted octanol–water partition coefficient (Wildman–Crippen LogP) is 1.59. The molecule has 120 valence electrons. The standard InChI is InChI=1S/C15H21ClN4O2/c1-11-10-22-9-8-20(11)15(21)12-4-6-19(7-5-12)14-3-2-13(16)17-18-14/h2-3,11-12H,4-10H2,1H3. The fourth-order valence-corrected chi connectivity index (χ4v) is 3.22. The monoisotopic (exact) mass is 324 g/mol. The highest BCUT2D eigenvalue weighted by molar-refractivity contribution is 6.29. The van der Waals surface area contributed by atoms with Crippen molar-refractivity contribution in [3.8, 4) is 0 Å². The van der Waals surface area contributed by atoms with Crippen LogP contribution in [0.4, 0.5) is 5.82 Å². The van der Waals surface area contributed by atoms with Gasteiger partial charge in [-0.05, 0) is 31.9 Å². The number of anilines is 1. The number of hydrogen-bond donors (Lipinski definition) is 0. The van der Waals surface area contributed by atoms with E-state index in [1.165, 1.54) is 0 Å². The second kappa shape index (κ2) is 6.79. The SMILES string of the molecule is CC1COCCN1C(=O)C1CCN(c2ccc(Cl)nn2)CC1. The molecule has 0 bridgehead atoms. The van der Waals surface area contributed by atoms with Crippen molar-refractivity contribution in [2.24, 2.45) is 5.92 Å². The van der Waals surface area contributed by atoms with Gasteiger partial charge in [-0.1, -0.05) is 11.6 Å². The first-order valence-electron chi connectivity index (χ1n) is 7.77. The Balaban J connectivity index is 1.57. The molecular weight excluding hydrogens is 304 g/mol. The van der Waals surface area contributed by atoms with Crippen molar-refractivity contribution < 1.29 is 9.53 Å². The van der Waals surface area contributed by atoms with Crippen molar-refractivity contribution in [3.05, 3.63) is 17.3 Å². The van der Waals surface area contributed by atoms with Crippen molar-refractivity contribution in [1.82, 2.24) is 15.1 Å². The van der Waals surface area contributed by atoms with E-state index in [1.807, 2.05) is 11.0 Å². The smallest absolute Gasteiger partial charge is 0.226 e. The van der Waals surface area contributed by atoms with Crippen LogP contribution in [-0.2, 0) is 9.53 Å². The minimum Gasteiger partial charge on any atom is -0.377 e. The molecule has 22 heavy (non-hydrogen) atoms. The molecule has 1 aromatic rings. The highest BCUT2D eigenvalue weighted by Gasteiger charge is 2.32. The van der Waals surface area contributed by atoms with Gasteiger partial charge in [-0.2, -0.15) is 0 Å². The topological polar surface area (TPSA) is 58.6 Å². The van der Waals surface area contributed by atoms with Gasteiger partial charge in [-0.3, -0.25) is 4.79 Å². The summed E-state index contributed by atoms with van der Waals surface area (Å²) in [5.74, 6) is 1.21. The molecule has 0 aromatic carbocycles. The van der Waals surface area contributed by atoms with Crippen LogP contribution in [0.2, 0.25) is 5.15 Å². The van der Waals surface area contributed by atoms with Gasteiger partial charge in [-0.25, -0.2) is 0 Å². The van der Waals surface area contributed by atoms with Crippen molar-refractivity contribution in [3.63, 3.8) is 0 Å². The fraction of sp³-hybridized carbons (Fsp3) is 0.667. The zero-order valence-electron chi connectivity index (χ0n) is 12.7. The van der Waals surface area contributed by atoms with Gasteiger partial charge in [0.25, 0.3) is 0 Å². The number of aromatic nitrogens is 2. The van der Waals surface area contributed by atoms with Crippen LogP contribution in [0.15, 0.2) is 12.1 Å². The lowest BCUT2D eigenvalue weighted by atomic mass is 9.94. The molecule has 1 unspecified atom stereocenters. The summed E-state index contributed by atoms with van der Waals surface area (Å²) in [6.45, 7) is 5.70. The summed E-state index contributed by atoms with van der Waals surface area (Å²) in [5, 5.41) is 8.38. The summed E-state index contributed by atoms with van der Waals surface area (Å²) in [6.07, 6.45) is 1.71. The summed E-state index contributed by atoms with van der Waals surface area (Å²) in [6, 6.07) is 3.80. The quantitative estimate of drug-likeness (QED) is 0.827. The van der Waals surface area contributed by atoms with E-state index in [9.17, 15) is 4.79 Å². The predicted molar refractivity (Wildman–Crippen MR) is 84.0 cm³/mol. The lowest BCUT2D eigenvalue weighted by Gasteiger charge is -2.38. The summed E-state index contributed by atoms with van der Waals surface area (Å²) >= 11 is 5.76. The zero-order valence-corrected chi connectivity index (χ0v) is 13.5. The Hall–Kier alpha value is -1.40. The Morgan fingerprint density at radius 3 is 2.68 bits per heavy atom. The second-order valence-corrected chi connectivity index (χ2v) is 6.32. The molecule has 0 N–H and O–H groups in total. The molecule has 0 saturated carbocycles. The van der Waals surface area contributed by atoms with Crippen LogP contribution >= 0.6 is 11.6 Å². The molecule has 6 nitrogen and oxygen atoms in total. The molecule has 1 atom stereocenters. The Morgan fingerprint density at radius 2 is 2.05 bits per heavy atom. The fourth-order valence-electron chi connectivity index (χ4n) is 3.12. The molecular formula is C15H21ClN4O2. The van der Waals surface area contributed by atoms with Crippen molar-refractivity contribution in [2.45, 2.75) is 25.8 Å². The molecule has 3 rings (SSSR count). The first-order valence-corrected chi connectivity index (χ1v) is 8.15. The summed E-state index contributed by atoms with van der Waals surface area (Å²) < 4.78 is 5.41. The summed E-state index contributed by atoms with van der Waals surface area (Å²) in [4.78, 5) is 16.8. The number of ether oxygens (including phenoxy) is 1. The second-order valence-electron chi connectivity index (χ2n) is 5.93. The van der Waals surface area contributed by atoms with Gasteiger partial charge in [0.15, 0.2) is 11.0 Å². The van der Waals surface area contributed by atoms with E-state index in [2.05, 4.69) is 22.0 Å². The first kappa shape index (κ1) is 15.5. The third-order valence-electron chi connectivity index (χ3n) is 4.44. The number of morpholine rings is 1. The van der Waals surface area contributed by atoms with Gasteiger partial charge in [0.05, 0.1) is 19.3 Å². The largest absolute Gasteiger partial charge is 0.377 e. The van der Waals surface area contributed by atoms with Crippen LogP contribution in [0.1, 0.15) is 19.8 Å². The van der Waals surface area contributed by atoms with E-state index in [-0.39, 0.29) is 17.9 Å². The van der Waals surface area contributed by atoms with Crippen LogP contribution in [0.5, 0.6) is 0 Å². The highest BCUT2D eigenvalue weighted by Crippen LogP contribution is 2.24. The molecule has 0 spiro atoms. The van der Waals surface area contributed by atoms with Gasteiger partial charge in [0.1, 0.15) is 0 Å². The van der Waals surface area contributed by atoms with Crippen LogP contribution in [-0.4, -0.2) is 59.9 Å². The Labute approximate surface area is 135 Å². The van der Waals surface area contributed by atoms with E-state index in [0.717, 1.165) is 31.7 Å². The number of carbonyl (C=O) groups is 1. The first-order chi connectivity index (χ1) is 10.6. The summed E-state index contributed by atoms with van der Waals surface area (Å²) in [7, 11) is 0. The lowest BCUT2D eigenvalue weighted by Crippen LogP contribution is -2.51. The Bertz CT molecular complexity index is 517. The molecule has 7 heteroatoms. The third-order valence-corrected chi connectivity index (χ3v) is 4.64. The number of amides is 1. The minimum absolute atomic E-state index is 0.108. The van der Waals surface area contributed by atoms with Crippen LogP contribution < -0.4 is 4.90 Å². The molecule has 2 aliphatic rings. The van der Waals surface area contributed by atoms with Gasteiger partial charge in [0, 0.05) is 25.6 Å². The molecule has 0 radical (unpaired) electrons. The molecule has 1 aromatic heterocycles. The van der Waals surface area contributed by atoms with E-state index >= 15 is 0 Å². The normalized spacial score (nSPS) is 23.6. The van der Waals surface area contributed by atoms with Crippen LogP contribution in [0.3, 0.4) is 0 Å². The number of halogens is 1. The van der Waals surface area contributed by atoms with E-state index in [1.54, 1.807) is 6.07 Å². The molecule has 2 aliphatic heterocycles. The zero-order chi connectivity index (χ0) is 15.5.